The van der Waals surface area contributed by atoms with E-state index in [1.165, 1.54) is 0 Å². The number of carbonyl (C=O) groups excluding carboxylic acids is 1. The molecular weight excluding hydrogens is 145 g/mol. The van der Waals surface area contributed by atoms with Gasteiger partial charge in [-0.2, -0.15) is 0 Å². The molecule has 0 aromatic rings. The Bertz CT molecular complexity index is 117. The fourth-order valence-corrected chi connectivity index (χ4v) is 0.893. The van der Waals surface area contributed by atoms with E-state index in [0.29, 0.717) is 0 Å². The van der Waals surface area contributed by atoms with Crippen molar-refractivity contribution in [1.82, 2.24) is 0 Å². The van der Waals surface area contributed by atoms with Gasteiger partial charge in [-0.3, -0.25) is 4.79 Å². The van der Waals surface area contributed by atoms with Crippen LogP contribution in [0.15, 0.2) is 0 Å². The molecule has 1 amide bonds. The number of unbranched alkanes of at least 4 members (excludes halogenated alkanes) is 3. The Balaban J connectivity index is 3.17. The first-order valence-corrected chi connectivity index (χ1v) is 4.12. The topological polar surface area (TPSA) is 43.1 Å². The summed E-state index contributed by atoms with van der Waals surface area (Å²) in [6.45, 7) is 2.08. The van der Waals surface area contributed by atoms with Gasteiger partial charge in [-0.15, -0.1) is 0 Å². The van der Waals surface area contributed by atoms with Crippen LogP contribution in [0, 0.1) is 0 Å². The monoisotopic (exact) mass is 161 g/mol. The number of hydrogen-bond acceptors (Lipinski definition) is 1. The van der Waals surface area contributed by atoms with E-state index in [2.05, 4.69) is 6.92 Å². The molecule has 0 aliphatic rings. The van der Waals surface area contributed by atoms with Gasteiger partial charge < -0.3 is 5.73 Å². The minimum Gasteiger partial charge on any atom is -0.367 e. The summed E-state index contributed by atoms with van der Waals surface area (Å²) in [5.41, 5.74) is 4.74. The third-order valence-corrected chi connectivity index (χ3v) is 1.62. The number of amides is 1. The van der Waals surface area contributed by atoms with Crippen LogP contribution in [0.3, 0.4) is 0 Å². The molecule has 0 fully saturated rings. The van der Waals surface area contributed by atoms with Crippen LogP contribution in [0.4, 0.5) is 4.39 Å². The first-order valence-electron chi connectivity index (χ1n) is 4.12. The van der Waals surface area contributed by atoms with Crippen LogP contribution in [-0.4, -0.2) is 12.1 Å². The van der Waals surface area contributed by atoms with Crippen LogP contribution in [0.25, 0.3) is 0 Å². The van der Waals surface area contributed by atoms with Crippen LogP contribution in [0.5, 0.6) is 0 Å². The predicted octanol–water partition coefficient (Wildman–Crippen LogP) is 1.78. The molecule has 3 heteroatoms. The highest BCUT2D eigenvalue weighted by Gasteiger charge is 2.11. The van der Waals surface area contributed by atoms with Crippen molar-refractivity contribution in [2.75, 3.05) is 0 Å². The zero-order valence-corrected chi connectivity index (χ0v) is 6.98. The highest BCUT2D eigenvalue weighted by atomic mass is 19.1. The molecule has 0 bridgehead atoms. The summed E-state index contributed by atoms with van der Waals surface area (Å²) < 4.78 is 12.5. The number of halogens is 1. The van der Waals surface area contributed by atoms with Crippen LogP contribution in [0.1, 0.15) is 39.0 Å². The Morgan fingerprint density at radius 3 is 2.55 bits per heavy atom. The van der Waals surface area contributed by atoms with Crippen molar-refractivity contribution in [3.63, 3.8) is 0 Å². The highest BCUT2D eigenvalue weighted by Crippen LogP contribution is 2.07. The zero-order valence-electron chi connectivity index (χ0n) is 6.98. The average Bonchev–Trinajstić information content (AvgIpc) is 1.97. The summed E-state index contributed by atoms with van der Waals surface area (Å²) >= 11 is 0. The van der Waals surface area contributed by atoms with E-state index in [0.717, 1.165) is 25.7 Å². The van der Waals surface area contributed by atoms with Gasteiger partial charge in [-0.25, -0.2) is 4.39 Å². The van der Waals surface area contributed by atoms with E-state index < -0.39 is 12.1 Å². The summed E-state index contributed by atoms with van der Waals surface area (Å²) in [5.74, 6) is -0.832. The van der Waals surface area contributed by atoms with Crippen molar-refractivity contribution >= 4 is 5.91 Å². The zero-order chi connectivity index (χ0) is 8.69. The molecule has 0 radical (unpaired) electrons. The molecule has 0 spiro atoms. The van der Waals surface area contributed by atoms with Gasteiger partial charge in [0.1, 0.15) is 0 Å². The maximum Gasteiger partial charge on any atom is 0.251 e. The first-order chi connectivity index (χ1) is 5.18. The smallest absolute Gasteiger partial charge is 0.251 e. The minimum atomic E-state index is -1.44. The second-order valence-electron chi connectivity index (χ2n) is 2.72. The standard InChI is InChI=1S/C8H16FNO/c1-2-3-4-5-6-7(9)8(10)11/h7H,2-6H2,1H3,(H2,10,11). The van der Waals surface area contributed by atoms with Crippen LogP contribution >= 0.6 is 0 Å². The SMILES string of the molecule is CCCCCCC(F)C(N)=O. The maximum atomic E-state index is 12.5. The third-order valence-electron chi connectivity index (χ3n) is 1.62. The Kier molecular flexibility index (Phi) is 5.80. The number of hydrogen-bond donors (Lipinski definition) is 1. The van der Waals surface area contributed by atoms with Crippen molar-refractivity contribution in [2.24, 2.45) is 5.73 Å². The molecule has 66 valence electrons. The number of primary amides is 1. The molecule has 2 nitrogen and oxygen atoms in total. The van der Waals surface area contributed by atoms with Gasteiger partial charge in [0.05, 0.1) is 0 Å². The number of carbonyl (C=O) groups is 1. The van der Waals surface area contributed by atoms with E-state index in [-0.39, 0.29) is 6.42 Å². The molecule has 2 N–H and O–H groups in total. The molecule has 0 heterocycles. The highest BCUT2D eigenvalue weighted by molar-refractivity contribution is 5.78. The first kappa shape index (κ1) is 10.4. The van der Waals surface area contributed by atoms with Gasteiger partial charge in [-0.05, 0) is 6.42 Å². The third kappa shape index (κ3) is 5.83. The summed E-state index contributed by atoms with van der Waals surface area (Å²) in [6, 6.07) is 0. The lowest BCUT2D eigenvalue weighted by molar-refractivity contribution is -0.122. The maximum absolute atomic E-state index is 12.5. The van der Waals surface area contributed by atoms with Crippen molar-refractivity contribution in [1.29, 1.82) is 0 Å². The van der Waals surface area contributed by atoms with Gasteiger partial charge in [0, 0.05) is 0 Å². The predicted molar refractivity (Wildman–Crippen MR) is 42.8 cm³/mol. The molecule has 0 aliphatic heterocycles. The van der Waals surface area contributed by atoms with Crippen molar-refractivity contribution in [3.8, 4) is 0 Å². The molecule has 0 aliphatic carbocycles. The van der Waals surface area contributed by atoms with Gasteiger partial charge >= 0.3 is 0 Å². The Morgan fingerprint density at radius 2 is 2.09 bits per heavy atom. The summed E-state index contributed by atoms with van der Waals surface area (Å²) in [6.07, 6.45) is 2.82. The number of nitrogens with two attached hydrogens (primary N) is 1. The minimum absolute atomic E-state index is 0.287. The quantitative estimate of drug-likeness (QED) is 0.593. The summed E-state index contributed by atoms with van der Waals surface area (Å²) in [4.78, 5) is 10.2. The summed E-state index contributed by atoms with van der Waals surface area (Å²) in [7, 11) is 0. The van der Waals surface area contributed by atoms with Crippen LogP contribution in [0.2, 0.25) is 0 Å². The Morgan fingerprint density at radius 1 is 1.45 bits per heavy atom. The van der Waals surface area contributed by atoms with E-state index in [1.807, 2.05) is 0 Å². The van der Waals surface area contributed by atoms with E-state index in [9.17, 15) is 9.18 Å². The lowest BCUT2D eigenvalue weighted by Gasteiger charge is -2.01. The van der Waals surface area contributed by atoms with Gasteiger partial charge in [0.15, 0.2) is 6.17 Å². The van der Waals surface area contributed by atoms with Crippen LogP contribution < -0.4 is 5.73 Å². The van der Waals surface area contributed by atoms with Crippen molar-refractivity contribution in [3.05, 3.63) is 0 Å². The molecular formula is C8H16FNO. The second-order valence-corrected chi connectivity index (χ2v) is 2.72. The number of rotatable bonds is 6. The second kappa shape index (κ2) is 6.13. The van der Waals surface area contributed by atoms with Crippen molar-refractivity contribution in [2.45, 2.75) is 45.2 Å². The molecule has 0 aromatic heterocycles. The Labute approximate surface area is 67.0 Å². The molecule has 1 unspecified atom stereocenters. The molecule has 11 heavy (non-hydrogen) atoms. The molecule has 0 saturated carbocycles. The van der Waals surface area contributed by atoms with Gasteiger partial charge in [0.25, 0.3) is 5.91 Å². The molecule has 0 saturated heterocycles. The Hall–Kier alpha value is -0.600. The molecule has 0 rings (SSSR count). The molecule has 1 atom stereocenters. The van der Waals surface area contributed by atoms with Gasteiger partial charge in [0.2, 0.25) is 0 Å². The normalized spacial score (nSPS) is 12.9. The average molecular weight is 161 g/mol. The van der Waals surface area contributed by atoms with Crippen molar-refractivity contribution < 1.29 is 9.18 Å². The van der Waals surface area contributed by atoms with E-state index in [1.54, 1.807) is 0 Å². The lowest BCUT2D eigenvalue weighted by Crippen LogP contribution is -2.24. The van der Waals surface area contributed by atoms with Gasteiger partial charge in [-0.1, -0.05) is 32.6 Å². The van der Waals surface area contributed by atoms with E-state index >= 15 is 0 Å². The van der Waals surface area contributed by atoms with Crippen LogP contribution in [-0.2, 0) is 4.79 Å². The fraction of sp³-hybridized carbons (Fsp3) is 0.875. The number of alkyl halides is 1. The summed E-state index contributed by atoms with van der Waals surface area (Å²) in [5, 5.41) is 0. The molecule has 0 aromatic carbocycles. The fourth-order valence-electron chi connectivity index (χ4n) is 0.893. The van der Waals surface area contributed by atoms with E-state index in [4.69, 9.17) is 5.73 Å². The largest absolute Gasteiger partial charge is 0.367 e. The lowest BCUT2D eigenvalue weighted by atomic mass is 10.1.